The van der Waals surface area contributed by atoms with Crippen LogP contribution in [0.1, 0.15) is 43.6 Å². The van der Waals surface area contributed by atoms with Gasteiger partial charge in [-0.15, -0.1) is 0 Å². The van der Waals surface area contributed by atoms with Crippen LogP contribution in [-0.2, 0) is 4.79 Å². The van der Waals surface area contributed by atoms with Crippen molar-refractivity contribution >= 4 is 16.7 Å². The maximum absolute atomic E-state index is 12.2. The molecular weight excluding hydrogens is 222 g/mol. The third-order valence-electron chi connectivity index (χ3n) is 3.84. The molecule has 0 spiro atoms. The van der Waals surface area contributed by atoms with Crippen molar-refractivity contribution in [3.8, 4) is 0 Å². The van der Waals surface area contributed by atoms with E-state index in [-0.39, 0.29) is 5.92 Å². The van der Waals surface area contributed by atoms with Gasteiger partial charge in [0, 0.05) is 23.9 Å². The molecule has 92 valence electrons. The second-order valence-electron chi connectivity index (χ2n) is 5.04. The minimum Gasteiger partial charge on any atom is -0.299 e. The van der Waals surface area contributed by atoms with Gasteiger partial charge in [0.05, 0.1) is 5.52 Å². The maximum atomic E-state index is 12.2. The molecular formula is C16H17NO. The van der Waals surface area contributed by atoms with Gasteiger partial charge in [0.2, 0.25) is 0 Å². The van der Waals surface area contributed by atoms with Crippen molar-refractivity contribution in [1.29, 1.82) is 0 Å². The molecule has 18 heavy (non-hydrogen) atoms. The van der Waals surface area contributed by atoms with Crippen LogP contribution in [0.4, 0.5) is 0 Å². The Morgan fingerprint density at radius 3 is 2.89 bits per heavy atom. The van der Waals surface area contributed by atoms with Crippen LogP contribution in [0.5, 0.6) is 0 Å². The lowest BCUT2D eigenvalue weighted by Crippen LogP contribution is -2.11. The summed E-state index contributed by atoms with van der Waals surface area (Å²) in [6, 6.07) is 10.2. The topological polar surface area (TPSA) is 30.0 Å². The van der Waals surface area contributed by atoms with Gasteiger partial charge in [0.25, 0.3) is 0 Å². The number of hydrogen-bond donors (Lipinski definition) is 0. The normalized spacial score (nSPS) is 20.9. The van der Waals surface area contributed by atoms with Gasteiger partial charge in [-0.1, -0.05) is 37.1 Å². The van der Waals surface area contributed by atoms with Gasteiger partial charge in [-0.25, -0.2) is 0 Å². The molecule has 0 amide bonds. The van der Waals surface area contributed by atoms with Crippen molar-refractivity contribution in [2.75, 3.05) is 0 Å². The number of hydrogen-bond acceptors (Lipinski definition) is 2. The average Bonchev–Trinajstić information content (AvgIpc) is 2.63. The van der Waals surface area contributed by atoms with Crippen LogP contribution in [0.3, 0.4) is 0 Å². The lowest BCUT2D eigenvalue weighted by atomic mass is 9.89. The summed E-state index contributed by atoms with van der Waals surface area (Å²) in [7, 11) is 0. The largest absolute Gasteiger partial charge is 0.299 e. The van der Waals surface area contributed by atoms with Gasteiger partial charge in [-0.2, -0.15) is 0 Å². The zero-order chi connectivity index (χ0) is 12.4. The van der Waals surface area contributed by atoms with E-state index in [4.69, 9.17) is 0 Å². The summed E-state index contributed by atoms with van der Waals surface area (Å²) >= 11 is 0. The minimum absolute atomic E-state index is 0.0612. The monoisotopic (exact) mass is 239 g/mol. The standard InChI is InChI=1S/C16H17NO/c18-15-10-3-1-2-8-13(15)14-9-4-6-12-7-5-11-17-16(12)14/h4-7,9,11,13H,1-3,8,10H2. The van der Waals surface area contributed by atoms with E-state index in [1.165, 1.54) is 6.42 Å². The number of para-hydroxylation sites is 1. The summed E-state index contributed by atoms with van der Waals surface area (Å²) in [4.78, 5) is 16.7. The molecule has 2 heteroatoms. The van der Waals surface area contributed by atoms with Crippen molar-refractivity contribution in [1.82, 2.24) is 4.98 Å². The van der Waals surface area contributed by atoms with Crippen LogP contribution in [0.2, 0.25) is 0 Å². The summed E-state index contributed by atoms with van der Waals surface area (Å²) in [6.45, 7) is 0. The van der Waals surface area contributed by atoms with Crippen LogP contribution in [0, 0.1) is 0 Å². The molecule has 1 fully saturated rings. The first-order valence-electron chi connectivity index (χ1n) is 6.72. The highest BCUT2D eigenvalue weighted by atomic mass is 16.1. The molecule has 1 aromatic carbocycles. The van der Waals surface area contributed by atoms with Gasteiger partial charge < -0.3 is 0 Å². The lowest BCUT2D eigenvalue weighted by Gasteiger charge is -2.15. The molecule has 1 aromatic heterocycles. The molecule has 1 heterocycles. The average molecular weight is 239 g/mol. The summed E-state index contributed by atoms with van der Waals surface area (Å²) < 4.78 is 0. The van der Waals surface area contributed by atoms with E-state index in [0.717, 1.165) is 42.1 Å². The molecule has 1 saturated carbocycles. The number of carbonyl (C=O) groups is 1. The van der Waals surface area contributed by atoms with Crippen LogP contribution in [-0.4, -0.2) is 10.8 Å². The fourth-order valence-corrected chi connectivity index (χ4v) is 2.90. The highest BCUT2D eigenvalue weighted by Gasteiger charge is 2.24. The summed E-state index contributed by atoms with van der Waals surface area (Å²) in [5.74, 6) is 0.455. The van der Waals surface area contributed by atoms with E-state index < -0.39 is 0 Å². The van der Waals surface area contributed by atoms with Gasteiger partial charge in [-0.3, -0.25) is 9.78 Å². The zero-order valence-electron chi connectivity index (χ0n) is 10.4. The fraction of sp³-hybridized carbons (Fsp3) is 0.375. The zero-order valence-corrected chi connectivity index (χ0v) is 10.4. The summed E-state index contributed by atoms with van der Waals surface area (Å²) in [6.07, 6.45) is 6.91. The number of carbonyl (C=O) groups excluding carboxylic acids is 1. The second-order valence-corrected chi connectivity index (χ2v) is 5.04. The predicted octanol–water partition coefficient (Wildman–Crippen LogP) is 3.85. The Morgan fingerprint density at radius 1 is 1.06 bits per heavy atom. The van der Waals surface area contributed by atoms with Crippen molar-refractivity contribution in [3.05, 3.63) is 42.1 Å². The second kappa shape index (κ2) is 4.89. The van der Waals surface area contributed by atoms with Crippen molar-refractivity contribution < 1.29 is 4.79 Å². The molecule has 1 aliphatic rings. The van der Waals surface area contributed by atoms with Gasteiger partial charge in [0.1, 0.15) is 5.78 Å². The number of pyridine rings is 1. The van der Waals surface area contributed by atoms with E-state index in [0.29, 0.717) is 5.78 Å². The third kappa shape index (κ3) is 2.03. The molecule has 0 aliphatic heterocycles. The van der Waals surface area contributed by atoms with Crippen LogP contribution in [0.25, 0.3) is 10.9 Å². The van der Waals surface area contributed by atoms with Crippen molar-refractivity contribution in [2.45, 2.75) is 38.0 Å². The van der Waals surface area contributed by atoms with Crippen LogP contribution >= 0.6 is 0 Å². The highest BCUT2D eigenvalue weighted by molar-refractivity contribution is 5.92. The van der Waals surface area contributed by atoms with E-state index in [1.807, 2.05) is 18.3 Å². The highest BCUT2D eigenvalue weighted by Crippen LogP contribution is 2.32. The number of aromatic nitrogens is 1. The molecule has 2 nitrogen and oxygen atoms in total. The number of fused-ring (bicyclic) bond motifs is 1. The number of Topliss-reactive ketones (excluding diaryl/α,β-unsaturated/α-hetero) is 1. The van der Waals surface area contributed by atoms with E-state index in [1.54, 1.807) is 0 Å². The molecule has 1 atom stereocenters. The Morgan fingerprint density at radius 2 is 1.94 bits per heavy atom. The molecule has 1 aliphatic carbocycles. The Labute approximate surface area is 107 Å². The first kappa shape index (κ1) is 11.4. The predicted molar refractivity (Wildman–Crippen MR) is 72.6 cm³/mol. The number of ketones is 1. The quantitative estimate of drug-likeness (QED) is 0.707. The third-order valence-corrected chi connectivity index (χ3v) is 3.84. The van der Waals surface area contributed by atoms with E-state index in [9.17, 15) is 4.79 Å². The minimum atomic E-state index is 0.0612. The fourth-order valence-electron chi connectivity index (χ4n) is 2.90. The van der Waals surface area contributed by atoms with E-state index >= 15 is 0 Å². The molecule has 0 radical (unpaired) electrons. The van der Waals surface area contributed by atoms with Crippen LogP contribution < -0.4 is 0 Å². The Hall–Kier alpha value is -1.70. The first-order chi connectivity index (χ1) is 8.86. The Kier molecular flexibility index (Phi) is 3.09. The first-order valence-corrected chi connectivity index (χ1v) is 6.72. The smallest absolute Gasteiger partial charge is 0.140 e. The molecule has 0 saturated heterocycles. The molecule has 3 rings (SSSR count). The van der Waals surface area contributed by atoms with E-state index in [2.05, 4.69) is 23.2 Å². The Balaban J connectivity index is 2.10. The lowest BCUT2D eigenvalue weighted by molar-refractivity contribution is -0.120. The summed E-state index contributed by atoms with van der Waals surface area (Å²) in [5.41, 5.74) is 2.13. The summed E-state index contributed by atoms with van der Waals surface area (Å²) in [5, 5.41) is 1.13. The van der Waals surface area contributed by atoms with Crippen molar-refractivity contribution in [2.24, 2.45) is 0 Å². The number of rotatable bonds is 1. The number of nitrogens with zero attached hydrogens (tertiary/aromatic N) is 1. The van der Waals surface area contributed by atoms with Gasteiger partial charge >= 0.3 is 0 Å². The van der Waals surface area contributed by atoms with Gasteiger partial charge in [0.15, 0.2) is 0 Å². The number of benzene rings is 1. The van der Waals surface area contributed by atoms with Gasteiger partial charge in [-0.05, 0) is 24.5 Å². The molecule has 0 N–H and O–H groups in total. The SMILES string of the molecule is O=C1CCCCCC1c1cccc2cccnc12. The van der Waals surface area contributed by atoms with Crippen molar-refractivity contribution in [3.63, 3.8) is 0 Å². The molecule has 1 unspecified atom stereocenters. The molecule has 2 aromatic rings. The maximum Gasteiger partial charge on any atom is 0.140 e. The van der Waals surface area contributed by atoms with Crippen LogP contribution in [0.15, 0.2) is 36.5 Å². The Bertz CT molecular complexity index is 571. The molecule has 0 bridgehead atoms.